The van der Waals surface area contributed by atoms with Crippen molar-refractivity contribution in [1.82, 2.24) is 0 Å². The maximum Gasteiger partial charge on any atom is 0.259 e. The summed E-state index contributed by atoms with van der Waals surface area (Å²) in [6, 6.07) is 57.8. The van der Waals surface area contributed by atoms with E-state index in [9.17, 15) is 29.4 Å². The van der Waals surface area contributed by atoms with Gasteiger partial charge in [0.1, 0.15) is 45.7 Å². The Bertz CT molecular complexity index is 3780. The van der Waals surface area contributed by atoms with Crippen molar-refractivity contribution in [2.75, 3.05) is 35.5 Å². The largest absolute Gasteiger partial charge is 0.505 e. The Balaban J connectivity index is 0.849. The van der Waals surface area contributed by atoms with Gasteiger partial charge in [0.05, 0.1) is 25.3 Å². The number of benzene rings is 10. The number of phenolic OH excluding ortho intramolecular Hbond substituents is 2. The number of aromatic hydroxyl groups is 2. The van der Waals surface area contributed by atoms with Gasteiger partial charge in [0.2, 0.25) is 0 Å². The maximum atomic E-state index is 14.0. The lowest BCUT2D eigenvalue weighted by molar-refractivity contribution is 0.101. The van der Waals surface area contributed by atoms with Crippen molar-refractivity contribution in [2.45, 2.75) is 0 Å². The number of nitrogens with one attached hydrogen (secondary N) is 4. The molecule has 79 heavy (non-hydrogen) atoms. The lowest BCUT2D eigenvalue weighted by Gasteiger charge is -2.13. The molecule has 0 fully saturated rings. The van der Waals surface area contributed by atoms with E-state index in [1.165, 1.54) is 26.4 Å². The number of nitrogens with zero attached hydrogens (tertiary/aromatic N) is 4. The third-order valence-corrected chi connectivity index (χ3v) is 12.4. The lowest BCUT2D eigenvalue weighted by Crippen LogP contribution is -2.12. The molecule has 0 saturated heterocycles. The average Bonchev–Trinajstić information content (AvgIpc) is 3.52. The van der Waals surface area contributed by atoms with Crippen molar-refractivity contribution in [3.05, 3.63) is 229 Å². The zero-order chi connectivity index (χ0) is 54.8. The SMILES string of the molecule is COc1ccc(C(=O)Nc2ccccc2)cc1N=Nc1c(O)c(C(=O)Nc2cccc(Oc3cccc(NC(=O)c4cc5ccccc5c(N=Nc5cc(C(=O)Nc6ccccc6)ccc5OC)c4O)c3)c2)cc2ccccc12. The molecule has 388 valence electrons. The molecule has 0 aliphatic carbocycles. The Morgan fingerprint density at radius 1 is 0.380 bits per heavy atom. The summed E-state index contributed by atoms with van der Waals surface area (Å²) < 4.78 is 17.2. The summed E-state index contributed by atoms with van der Waals surface area (Å²) in [6.45, 7) is 0. The molecule has 0 spiro atoms. The van der Waals surface area contributed by atoms with Crippen molar-refractivity contribution in [2.24, 2.45) is 20.5 Å². The van der Waals surface area contributed by atoms with E-state index in [0.29, 0.717) is 67.3 Å². The Morgan fingerprint density at radius 3 is 1.18 bits per heavy atom. The van der Waals surface area contributed by atoms with Gasteiger partial charge in [0.25, 0.3) is 23.6 Å². The molecule has 4 amide bonds. The van der Waals surface area contributed by atoms with Gasteiger partial charge in [-0.3, -0.25) is 19.2 Å². The lowest BCUT2D eigenvalue weighted by atomic mass is 10.0. The van der Waals surface area contributed by atoms with Crippen LogP contribution < -0.4 is 35.5 Å². The summed E-state index contributed by atoms with van der Waals surface area (Å²) in [7, 11) is 2.92. The molecular weight excluding hydrogens is 1000 g/mol. The maximum absolute atomic E-state index is 14.0. The molecule has 0 aromatic heterocycles. The number of azo groups is 2. The highest BCUT2D eigenvalue weighted by molar-refractivity contribution is 6.13. The van der Waals surface area contributed by atoms with Gasteiger partial charge in [0, 0.05) is 56.8 Å². The van der Waals surface area contributed by atoms with Gasteiger partial charge in [-0.1, -0.05) is 97.1 Å². The summed E-state index contributed by atoms with van der Waals surface area (Å²) >= 11 is 0. The van der Waals surface area contributed by atoms with E-state index in [1.807, 2.05) is 36.4 Å². The first-order chi connectivity index (χ1) is 38.5. The van der Waals surface area contributed by atoms with Gasteiger partial charge in [-0.25, -0.2) is 0 Å². The van der Waals surface area contributed by atoms with E-state index in [0.717, 1.165) is 0 Å². The van der Waals surface area contributed by atoms with Crippen molar-refractivity contribution in [3.8, 4) is 34.5 Å². The minimum absolute atomic E-state index is 0.0149. The zero-order valence-electron chi connectivity index (χ0n) is 42.2. The minimum atomic E-state index is -0.655. The standard InChI is InChI=1S/C62H46N8O9/c1-77-53-29-27-39(59(73)63-41-17-5-3-6-18-41)33-51(53)67-69-55-47-25-11-9-15-37(47)31-49(57(55)71)61(75)65-43-21-13-23-45(35-43)79-46-24-14-22-44(36-46)66-62(76)50-32-38-16-10-12-26-48(38)56(58(50)72)70-68-52-34-40(28-30-54(52)78-2)60(74)64-42-19-7-4-8-20-42/h3-36,71-72H,1-2H3,(H,63,73)(H,64,74)(H,65,75)(H,66,76). The number of ether oxygens (including phenoxy) is 3. The first-order valence-corrected chi connectivity index (χ1v) is 24.4. The third-order valence-electron chi connectivity index (χ3n) is 12.4. The van der Waals surface area contributed by atoms with E-state index in [1.54, 1.807) is 158 Å². The fourth-order valence-electron chi connectivity index (χ4n) is 8.47. The van der Waals surface area contributed by atoms with Crippen LogP contribution in [0.5, 0.6) is 34.5 Å². The summed E-state index contributed by atoms with van der Waals surface area (Å²) in [6.07, 6.45) is 0. The van der Waals surface area contributed by atoms with Crippen LogP contribution in [-0.2, 0) is 0 Å². The van der Waals surface area contributed by atoms with Gasteiger partial charge in [-0.15, -0.1) is 20.5 Å². The minimum Gasteiger partial charge on any atom is -0.505 e. The van der Waals surface area contributed by atoms with E-state index in [-0.39, 0.29) is 56.8 Å². The summed E-state index contributed by atoms with van der Waals surface area (Å²) in [5, 5.41) is 54.5. The first-order valence-electron chi connectivity index (χ1n) is 24.4. The Hall–Kier alpha value is -11.2. The van der Waals surface area contributed by atoms with Crippen LogP contribution in [0.1, 0.15) is 41.4 Å². The molecule has 10 aromatic rings. The summed E-state index contributed by atoms with van der Waals surface area (Å²) in [4.78, 5) is 54.3. The van der Waals surface area contributed by atoms with Crippen LogP contribution in [0.15, 0.2) is 227 Å². The average molecular weight is 1050 g/mol. The van der Waals surface area contributed by atoms with Gasteiger partial charge >= 0.3 is 0 Å². The molecule has 10 rings (SSSR count). The number of para-hydroxylation sites is 2. The number of hydrogen-bond donors (Lipinski definition) is 6. The predicted molar refractivity (Wildman–Crippen MR) is 303 cm³/mol. The number of fused-ring (bicyclic) bond motifs is 2. The molecule has 6 N–H and O–H groups in total. The summed E-state index contributed by atoms with van der Waals surface area (Å²) in [5.74, 6) is -1.64. The molecule has 0 bridgehead atoms. The van der Waals surface area contributed by atoms with Gasteiger partial charge in [-0.2, -0.15) is 0 Å². The van der Waals surface area contributed by atoms with Gasteiger partial charge in [-0.05, 0) is 108 Å². The Kier molecular flexibility index (Phi) is 15.0. The van der Waals surface area contributed by atoms with Crippen LogP contribution in [0.2, 0.25) is 0 Å². The van der Waals surface area contributed by atoms with Crippen molar-refractivity contribution in [1.29, 1.82) is 0 Å². The molecule has 0 atom stereocenters. The van der Waals surface area contributed by atoms with Gasteiger partial charge < -0.3 is 45.7 Å². The van der Waals surface area contributed by atoms with Crippen molar-refractivity contribution < 1.29 is 43.6 Å². The second-order valence-electron chi connectivity index (χ2n) is 17.6. The molecule has 0 radical (unpaired) electrons. The first kappa shape index (κ1) is 51.3. The topological polar surface area (TPSA) is 234 Å². The highest BCUT2D eigenvalue weighted by Crippen LogP contribution is 2.43. The number of amides is 4. The number of anilines is 4. The van der Waals surface area contributed by atoms with E-state index in [4.69, 9.17) is 14.2 Å². The fraction of sp³-hybridized carbons (Fsp3) is 0.0323. The van der Waals surface area contributed by atoms with Gasteiger partial charge in [0.15, 0.2) is 11.5 Å². The second-order valence-corrected chi connectivity index (χ2v) is 17.6. The smallest absolute Gasteiger partial charge is 0.259 e. The number of rotatable bonds is 16. The normalized spacial score (nSPS) is 11.1. The molecular formula is C62H46N8O9. The summed E-state index contributed by atoms with van der Waals surface area (Å²) in [5.41, 5.74) is 2.73. The second kappa shape index (κ2) is 23.1. The quantitative estimate of drug-likeness (QED) is 0.0504. The molecule has 17 nitrogen and oxygen atoms in total. The predicted octanol–water partition coefficient (Wildman–Crippen LogP) is 15.1. The molecule has 0 aliphatic heterocycles. The highest BCUT2D eigenvalue weighted by atomic mass is 16.5. The molecule has 0 heterocycles. The zero-order valence-corrected chi connectivity index (χ0v) is 42.2. The molecule has 0 saturated carbocycles. The number of methoxy groups -OCH3 is 2. The van der Waals surface area contributed by atoms with Crippen molar-refractivity contribution >= 4 is 90.7 Å². The van der Waals surface area contributed by atoms with Crippen LogP contribution in [-0.4, -0.2) is 48.1 Å². The van der Waals surface area contributed by atoms with E-state index in [2.05, 4.69) is 41.7 Å². The number of carbonyl (C=O) groups excluding carboxylic acids is 4. The van der Waals surface area contributed by atoms with Crippen LogP contribution in [0, 0.1) is 0 Å². The van der Waals surface area contributed by atoms with Crippen LogP contribution in [0.25, 0.3) is 21.5 Å². The van der Waals surface area contributed by atoms with Crippen LogP contribution in [0.3, 0.4) is 0 Å². The van der Waals surface area contributed by atoms with E-state index >= 15 is 0 Å². The molecule has 0 aliphatic rings. The van der Waals surface area contributed by atoms with Crippen LogP contribution >= 0.6 is 0 Å². The number of hydrogen-bond acceptors (Lipinski definition) is 13. The monoisotopic (exact) mass is 1050 g/mol. The van der Waals surface area contributed by atoms with Crippen molar-refractivity contribution in [3.63, 3.8) is 0 Å². The molecule has 10 aromatic carbocycles. The molecule has 0 unspecified atom stereocenters. The molecule has 17 heteroatoms. The highest BCUT2D eigenvalue weighted by Gasteiger charge is 2.22. The Morgan fingerprint density at radius 2 is 0.759 bits per heavy atom. The number of phenols is 2. The van der Waals surface area contributed by atoms with Crippen LogP contribution in [0.4, 0.5) is 45.5 Å². The van der Waals surface area contributed by atoms with E-state index < -0.39 is 23.3 Å². The fourth-order valence-corrected chi connectivity index (χ4v) is 8.47. The third kappa shape index (κ3) is 11.7. The Labute approximate surface area is 451 Å². The number of carbonyl (C=O) groups is 4.